The molecule has 6 nitrogen and oxygen atoms in total. The number of carbonyl (C=O) groups is 2. The highest BCUT2D eigenvalue weighted by atomic mass is 16.2. The first-order valence-corrected chi connectivity index (χ1v) is 11.7. The summed E-state index contributed by atoms with van der Waals surface area (Å²) < 4.78 is 0. The summed E-state index contributed by atoms with van der Waals surface area (Å²) in [5.74, 6) is 0.435. The second-order valence-electron chi connectivity index (χ2n) is 8.94. The van der Waals surface area contributed by atoms with Crippen molar-refractivity contribution in [1.29, 1.82) is 0 Å². The van der Waals surface area contributed by atoms with E-state index in [0.29, 0.717) is 18.5 Å². The van der Waals surface area contributed by atoms with Gasteiger partial charge in [-0.2, -0.15) is 0 Å². The highest BCUT2D eigenvalue weighted by molar-refractivity contribution is 5.92. The van der Waals surface area contributed by atoms with Crippen LogP contribution in [0, 0.1) is 5.92 Å². The molecule has 3 amide bonds. The molecule has 2 aliphatic rings. The standard InChI is InChI=1S/C24H38N4O2/c1-4-14-28(22-8-6-5-7-9-22)24(30)25-21-12-10-20(11-13-21)23(29)27-17-15-26(16-18-27)19(2)3/h5-9,19-21H,4,10-18H2,1-3H3,(H,25,30)/t20-,21-. The van der Waals surface area contributed by atoms with Crippen molar-refractivity contribution in [2.24, 2.45) is 5.92 Å². The zero-order valence-electron chi connectivity index (χ0n) is 18.8. The molecule has 1 saturated carbocycles. The summed E-state index contributed by atoms with van der Waals surface area (Å²) in [4.78, 5) is 32.2. The van der Waals surface area contributed by atoms with Gasteiger partial charge in [-0.15, -0.1) is 0 Å². The minimum Gasteiger partial charge on any atom is -0.340 e. The predicted molar refractivity (Wildman–Crippen MR) is 122 cm³/mol. The molecule has 1 N–H and O–H groups in total. The summed E-state index contributed by atoms with van der Waals surface area (Å²) in [6.45, 7) is 10.8. The van der Waals surface area contributed by atoms with Gasteiger partial charge in [0.15, 0.2) is 0 Å². The van der Waals surface area contributed by atoms with Crippen LogP contribution in [0.5, 0.6) is 0 Å². The minimum atomic E-state index is -0.0253. The van der Waals surface area contributed by atoms with Gasteiger partial charge in [0.25, 0.3) is 0 Å². The summed E-state index contributed by atoms with van der Waals surface area (Å²) in [7, 11) is 0. The van der Waals surface area contributed by atoms with Gasteiger partial charge in [-0.25, -0.2) is 4.79 Å². The number of para-hydroxylation sites is 1. The molecule has 0 spiro atoms. The van der Waals surface area contributed by atoms with Gasteiger partial charge in [0, 0.05) is 56.4 Å². The lowest BCUT2D eigenvalue weighted by Crippen LogP contribution is -2.53. The Hall–Kier alpha value is -2.08. The van der Waals surface area contributed by atoms with Gasteiger partial charge >= 0.3 is 6.03 Å². The number of anilines is 1. The molecule has 0 bridgehead atoms. The summed E-state index contributed by atoms with van der Waals surface area (Å²) in [5.41, 5.74) is 0.932. The van der Waals surface area contributed by atoms with Gasteiger partial charge in [0.05, 0.1) is 0 Å². The Labute approximate surface area is 181 Å². The first-order chi connectivity index (χ1) is 14.5. The highest BCUT2D eigenvalue weighted by Gasteiger charge is 2.32. The normalized spacial score (nSPS) is 22.7. The molecule has 30 heavy (non-hydrogen) atoms. The van der Waals surface area contributed by atoms with Crippen molar-refractivity contribution < 1.29 is 9.59 Å². The molecular weight excluding hydrogens is 376 g/mol. The molecule has 166 valence electrons. The lowest BCUT2D eigenvalue weighted by Gasteiger charge is -2.39. The van der Waals surface area contributed by atoms with Crippen LogP contribution < -0.4 is 10.2 Å². The van der Waals surface area contributed by atoms with Crippen LogP contribution in [0.1, 0.15) is 52.9 Å². The second kappa shape index (κ2) is 10.8. The maximum absolute atomic E-state index is 12.9. The molecule has 1 aromatic rings. The molecule has 1 heterocycles. The lowest BCUT2D eigenvalue weighted by atomic mass is 9.85. The van der Waals surface area contributed by atoms with Gasteiger partial charge in [0.2, 0.25) is 5.91 Å². The van der Waals surface area contributed by atoms with Crippen molar-refractivity contribution in [2.75, 3.05) is 37.6 Å². The number of hydrogen-bond donors (Lipinski definition) is 1. The number of rotatable bonds is 6. The van der Waals surface area contributed by atoms with E-state index in [1.165, 1.54) is 0 Å². The Bertz CT molecular complexity index is 678. The highest BCUT2D eigenvalue weighted by Crippen LogP contribution is 2.27. The van der Waals surface area contributed by atoms with Gasteiger partial charge in [-0.3, -0.25) is 14.6 Å². The van der Waals surface area contributed by atoms with Gasteiger partial charge < -0.3 is 10.2 Å². The smallest absolute Gasteiger partial charge is 0.322 e. The number of hydrogen-bond acceptors (Lipinski definition) is 3. The monoisotopic (exact) mass is 414 g/mol. The number of piperazine rings is 1. The van der Waals surface area contributed by atoms with E-state index in [1.54, 1.807) is 0 Å². The Morgan fingerprint density at radius 2 is 1.67 bits per heavy atom. The third kappa shape index (κ3) is 5.75. The van der Waals surface area contributed by atoms with Crippen LogP contribution in [-0.2, 0) is 4.79 Å². The largest absolute Gasteiger partial charge is 0.340 e. The molecule has 6 heteroatoms. The summed E-state index contributed by atoms with van der Waals surface area (Å²) in [6.07, 6.45) is 4.40. The second-order valence-corrected chi connectivity index (χ2v) is 8.94. The van der Waals surface area contributed by atoms with Crippen molar-refractivity contribution in [3.63, 3.8) is 0 Å². The van der Waals surface area contributed by atoms with Crippen molar-refractivity contribution >= 4 is 17.6 Å². The number of urea groups is 1. The predicted octanol–water partition coefficient (Wildman–Crippen LogP) is 3.72. The Morgan fingerprint density at radius 3 is 2.23 bits per heavy atom. The fourth-order valence-electron chi connectivity index (χ4n) is 4.63. The Morgan fingerprint density at radius 1 is 1.03 bits per heavy atom. The summed E-state index contributed by atoms with van der Waals surface area (Å²) >= 11 is 0. The zero-order valence-corrected chi connectivity index (χ0v) is 18.8. The number of benzene rings is 1. The number of carbonyl (C=O) groups excluding carboxylic acids is 2. The summed E-state index contributed by atoms with van der Waals surface area (Å²) in [5, 5.41) is 3.21. The van der Waals surface area contributed by atoms with E-state index in [2.05, 4.69) is 35.9 Å². The summed E-state index contributed by atoms with van der Waals surface area (Å²) in [6, 6.07) is 10.5. The van der Waals surface area contributed by atoms with E-state index in [0.717, 1.165) is 64.0 Å². The maximum atomic E-state index is 12.9. The molecular formula is C24H38N4O2. The molecule has 2 fully saturated rings. The third-order valence-corrected chi connectivity index (χ3v) is 6.52. The molecule has 3 rings (SSSR count). The van der Waals surface area contributed by atoms with Crippen LogP contribution in [0.3, 0.4) is 0 Å². The number of nitrogens with one attached hydrogen (secondary N) is 1. The molecule has 1 aliphatic heterocycles. The lowest BCUT2D eigenvalue weighted by molar-refractivity contribution is -0.138. The van der Waals surface area contributed by atoms with Gasteiger partial charge in [-0.1, -0.05) is 25.1 Å². The molecule has 1 aromatic carbocycles. The molecule has 0 aromatic heterocycles. The minimum absolute atomic E-state index is 0.0253. The molecule has 0 atom stereocenters. The van der Waals surface area contributed by atoms with Crippen LogP contribution >= 0.6 is 0 Å². The van der Waals surface area contributed by atoms with Crippen molar-refractivity contribution in [3.05, 3.63) is 30.3 Å². The first-order valence-electron chi connectivity index (χ1n) is 11.7. The fourth-order valence-corrected chi connectivity index (χ4v) is 4.63. The van der Waals surface area contributed by atoms with E-state index < -0.39 is 0 Å². The quantitative estimate of drug-likeness (QED) is 0.772. The Balaban J connectivity index is 1.47. The van der Waals surface area contributed by atoms with E-state index in [9.17, 15) is 9.59 Å². The van der Waals surface area contributed by atoms with E-state index in [1.807, 2.05) is 35.2 Å². The van der Waals surface area contributed by atoms with Crippen LogP contribution in [0.15, 0.2) is 30.3 Å². The fraction of sp³-hybridized carbons (Fsp3) is 0.667. The van der Waals surface area contributed by atoms with Crippen molar-refractivity contribution in [1.82, 2.24) is 15.1 Å². The molecule has 0 unspecified atom stereocenters. The van der Waals surface area contributed by atoms with E-state index in [-0.39, 0.29) is 18.0 Å². The number of nitrogens with zero attached hydrogens (tertiary/aromatic N) is 3. The number of amides is 3. The Kier molecular flexibility index (Phi) is 8.14. The third-order valence-electron chi connectivity index (χ3n) is 6.52. The average molecular weight is 415 g/mol. The average Bonchev–Trinajstić information content (AvgIpc) is 2.78. The first kappa shape index (κ1) is 22.6. The van der Waals surface area contributed by atoms with E-state index >= 15 is 0 Å². The van der Waals surface area contributed by atoms with Crippen LogP contribution in [0.25, 0.3) is 0 Å². The van der Waals surface area contributed by atoms with Crippen molar-refractivity contribution in [2.45, 2.75) is 65.0 Å². The van der Waals surface area contributed by atoms with Crippen LogP contribution in [-0.4, -0.2) is 66.5 Å². The van der Waals surface area contributed by atoms with Crippen LogP contribution in [0.4, 0.5) is 10.5 Å². The molecule has 1 aliphatic carbocycles. The molecule has 0 radical (unpaired) electrons. The van der Waals surface area contributed by atoms with Gasteiger partial charge in [0.1, 0.15) is 0 Å². The SMILES string of the molecule is CCCN(C(=O)N[C@H]1CC[C@H](C(=O)N2CCN(C(C)C)CC2)CC1)c1ccccc1. The van der Waals surface area contributed by atoms with E-state index in [4.69, 9.17) is 0 Å². The van der Waals surface area contributed by atoms with Crippen LogP contribution in [0.2, 0.25) is 0 Å². The zero-order chi connectivity index (χ0) is 21.5. The van der Waals surface area contributed by atoms with Crippen molar-refractivity contribution in [3.8, 4) is 0 Å². The molecule has 1 saturated heterocycles. The van der Waals surface area contributed by atoms with Gasteiger partial charge in [-0.05, 0) is 58.1 Å². The topological polar surface area (TPSA) is 55.9 Å². The maximum Gasteiger partial charge on any atom is 0.322 e.